The molecule has 0 aromatic heterocycles. The smallest absolute Gasteiger partial charge is 0.278 e. The van der Waals surface area contributed by atoms with Crippen LogP contribution in [0.5, 0.6) is 0 Å². The Balaban J connectivity index is 1.71. The van der Waals surface area contributed by atoms with E-state index in [4.69, 9.17) is 0 Å². The molecule has 1 aliphatic heterocycles. The summed E-state index contributed by atoms with van der Waals surface area (Å²) >= 11 is 0. The molecule has 1 N–H and O–H groups in total. The molecule has 0 atom stereocenters. The molecule has 4 nitrogen and oxygen atoms in total. The van der Waals surface area contributed by atoms with Crippen LogP contribution in [0.15, 0.2) is 84.6 Å². The van der Waals surface area contributed by atoms with E-state index < -0.39 is 5.91 Å². The first kappa shape index (κ1) is 18.6. The number of aryl methyl sites for hydroxylation is 1. The van der Waals surface area contributed by atoms with Gasteiger partial charge in [-0.15, -0.1) is 0 Å². The average Bonchev–Trinajstić information content (AvgIpc) is 2.96. The summed E-state index contributed by atoms with van der Waals surface area (Å²) < 4.78 is 13.2. The zero-order valence-corrected chi connectivity index (χ0v) is 15.9. The van der Waals surface area contributed by atoms with E-state index in [2.05, 4.69) is 5.32 Å². The lowest BCUT2D eigenvalue weighted by Gasteiger charge is -2.15. The van der Waals surface area contributed by atoms with E-state index in [0.29, 0.717) is 16.8 Å². The molecule has 4 rings (SSSR count). The van der Waals surface area contributed by atoms with Crippen LogP contribution >= 0.6 is 0 Å². The minimum Gasteiger partial charge on any atom is -0.350 e. The Bertz CT molecular complexity index is 1090. The Hall–Kier alpha value is -3.73. The Morgan fingerprint density at radius 2 is 1.48 bits per heavy atom. The maximum Gasteiger partial charge on any atom is 0.278 e. The fraction of sp³-hybridized carbons (Fsp3) is 0.0833. The molecule has 0 saturated carbocycles. The SMILES string of the molecule is Cc1ccc(CN2C(=O)C(Nc3ccc(F)cc3)=C(c3ccccc3)C2=O)cc1. The lowest BCUT2D eigenvalue weighted by atomic mass is 10.0. The van der Waals surface area contributed by atoms with Gasteiger partial charge in [0, 0.05) is 5.69 Å². The van der Waals surface area contributed by atoms with E-state index in [1.165, 1.54) is 29.2 Å². The van der Waals surface area contributed by atoms with E-state index in [9.17, 15) is 14.0 Å². The molecular weight excluding hydrogens is 367 g/mol. The highest BCUT2D eigenvalue weighted by Gasteiger charge is 2.39. The second-order valence-electron chi connectivity index (χ2n) is 6.93. The summed E-state index contributed by atoms with van der Waals surface area (Å²) in [5, 5.41) is 3.02. The predicted molar refractivity (Wildman–Crippen MR) is 110 cm³/mol. The fourth-order valence-corrected chi connectivity index (χ4v) is 3.26. The van der Waals surface area contributed by atoms with Gasteiger partial charge < -0.3 is 5.32 Å². The molecule has 5 heteroatoms. The Morgan fingerprint density at radius 3 is 2.14 bits per heavy atom. The van der Waals surface area contributed by atoms with Crippen molar-refractivity contribution in [1.29, 1.82) is 0 Å². The van der Waals surface area contributed by atoms with Crippen LogP contribution in [0.2, 0.25) is 0 Å². The average molecular weight is 386 g/mol. The summed E-state index contributed by atoms with van der Waals surface area (Å²) in [6, 6.07) is 22.5. The third-order valence-electron chi connectivity index (χ3n) is 4.81. The third kappa shape index (κ3) is 3.80. The van der Waals surface area contributed by atoms with Gasteiger partial charge >= 0.3 is 0 Å². The summed E-state index contributed by atoms with van der Waals surface area (Å²) in [4.78, 5) is 27.6. The van der Waals surface area contributed by atoms with Crippen molar-refractivity contribution >= 4 is 23.1 Å². The molecule has 0 aliphatic carbocycles. The number of hydrogen-bond acceptors (Lipinski definition) is 3. The second kappa shape index (κ2) is 7.72. The second-order valence-corrected chi connectivity index (χ2v) is 6.93. The standard InChI is InChI=1S/C24H19FN2O2/c1-16-7-9-17(10-8-16)15-27-23(28)21(18-5-3-2-4-6-18)22(24(27)29)26-20-13-11-19(25)12-14-20/h2-14,26H,15H2,1H3. The Morgan fingerprint density at radius 1 is 0.828 bits per heavy atom. The molecule has 0 saturated heterocycles. The number of hydrogen-bond donors (Lipinski definition) is 1. The van der Waals surface area contributed by atoms with Crippen molar-refractivity contribution < 1.29 is 14.0 Å². The topological polar surface area (TPSA) is 49.4 Å². The highest BCUT2D eigenvalue weighted by atomic mass is 19.1. The van der Waals surface area contributed by atoms with E-state index in [1.807, 2.05) is 49.4 Å². The van der Waals surface area contributed by atoms with Gasteiger partial charge in [-0.1, -0.05) is 60.2 Å². The Kier molecular flexibility index (Phi) is 4.96. The summed E-state index contributed by atoms with van der Waals surface area (Å²) in [5.74, 6) is -1.13. The van der Waals surface area contributed by atoms with Crippen molar-refractivity contribution in [1.82, 2.24) is 4.90 Å². The molecule has 29 heavy (non-hydrogen) atoms. The minimum absolute atomic E-state index is 0.183. The summed E-state index contributed by atoms with van der Waals surface area (Å²) in [5.41, 5.74) is 3.67. The van der Waals surface area contributed by atoms with Crippen molar-refractivity contribution in [3.05, 3.63) is 107 Å². The lowest BCUT2D eigenvalue weighted by molar-refractivity contribution is -0.137. The van der Waals surface area contributed by atoms with Crippen molar-refractivity contribution in [2.75, 3.05) is 5.32 Å². The van der Waals surface area contributed by atoms with Crippen molar-refractivity contribution in [2.24, 2.45) is 0 Å². The van der Waals surface area contributed by atoms with Crippen LogP contribution in [0.4, 0.5) is 10.1 Å². The zero-order chi connectivity index (χ0) is 20.4. The molecule has 1 aliphatic rings. The predicted octanol–water partition coefficient (Wildman–Crippen LogP) is 4.53. The molecule has 2 amide bonds. The van der Waals surface area contributed by atoms with Crippen LogP contribution in [-0.2, 0) is 16.1 Å². The summed E-state index contributed by atoms with van der Waals surface area (Å²) in [6.45, 7) is 2.17. The molecule has 0 spiro atoms. The molecule has 3 aromatic carbocycles. The molecule has 0 radical (unpaired) electrons. The van der Waals surface area contributed by atoms with Crippen LogP contribution in [0.3, 0.4) is 0 Å². The van der Waals surface area contributed by atoms with Crippen molar-refractivity contribution in [3.63, 3.8) is 0 Å². The highest BCUT2D eigenvalue weighted by Crippen LogP contribution is 2.31. The molecule has 0 fully saturated rings. The van der Waals surface area contributed by atoms with E-state index in [-0.39, 0.29) is 24.0 Å². The van der Waals surface area contributed by atoms with Gasteiger partial charge in [-0.25, -0.2) is 4.39 Å². The Labute approximate surface area is 168 Å². The van der Waals surface area contributed by atoms with Crippen LogP contribution in [0.25, 0.3) is 5.57 Å². The van der Waals surface area contributed by atoms with Gasteiger partial charge in [-0.05, 0) is 42.3 Å². The molecular formula is C24H19FN2O2. The van der Waals surface area contributed by atoms with Crippen LogP contribution in [-0.4, -0.2) is 16.7 Å². The van der Waals surface area contributed by atoms with Crippen LogP contribution in [0.1, 0.15) is 16.7 Å². The largest absolute Gasteiger partial charge is 0.350 e. The molecule has 3 aromatic rings. The maximum absolute atomic E-state index is 13.2. The van der Waals surface area contributed by atoms with Gasteiger partial charge in [0.1, 0.15) is 11.5 Å². The number of halogens is 1. The minimum atomic E-state index is -0.404. The number of rotatable bonds is 5. The monoisotopic (exact) mass is 386 g/mol. The van der Waals surface area contributed by atoms with E-state index in [0.717, 1.165) is 11.1 Å². The van der Waals surface area contributed by atoms with E-state index in [1.54, 1.807) is 12.1 Å². The summed E-state index contributed by atoms with van der Waals surface area (Å²) in [6.07, 6.45) is 0. The van der Waals surface area contributed by atoms with Crippen LogP contribution in [0, 0.1) is 12.7 Å². The number of nitrogens with one attached hydrogen (secondary N) is 1. The van der Waals surface area contributed by atoms with Gasteiger partial charge in [0.2, 0.25) is 0 Å². The lowest BCUT2D eigenvalue weighted by Crippen LogP contribution is -2.32. The third-order valence-corrected chi connectivity index (χ3v) is 4.81. The van der Waals surface area contributed by atoms with Gasteiger partial charge in [0.15, 0.2) is 0 Å². The molecule has 0 unspecified atom stereocenters. The van der Waals surface area contributed by atoms with Gasteiger partial charge in [0.05, 0.1) is 12.1 Å². The number of nitrogens with zero attached hydrogens (tertiary/aromatic N) is 1. The first-order valence-electron chi connectivity index (χ1n) is 9.27. The van der Waals surface area contributed by atoms with Crippen molar-refractivity contribution in [3.8, 4) is 0 Å². The molecule has 1 heterocycles. The van der Waals surface area contributed by atoms with Gasteiger partial charge in [-0.3, -0.25) is 14.5 Å². The van der Waals surface area contributed by atoms with E-state index >= 15 is 0 Å². The number of amides is 2. The maximum atomic E-state index is 13.2. The number of carbonyl (C=O) groups is 2. The van der Waals surface area contributed by atoms with Crippen molar-refractivity contribution in [2.45, 2.75) is 13.5 Å². The van der Waals surface area contributed by atoms with Gasteiger partial charge in [0.25, 0.3) is 11.8 Å². The number of benzene rings is 3. The summed E-state index contributed by atoms with van der Waals surface area (Å²) in [7, 11) is 0. The molecule has 144 valence electrons. The quantitative estimate of drug-likeness (QED) is 0.656. The van der Waals surface area contributed by atoms with Gasteiger partial charge in [-0.2, -0.15) is 0 Å². The number of carbonyl (C=O) groups excluding carboxylic acids is 2. The zero-order valence-electron chi connectivity index (χ0n) is 15.9. The normalized spacial score (nSPS) is 13.9. The van der Waals surface area contributed by atoms with Crippen LogP contribution < -0.4 is 5.32 Å². The first-order chi connectivity index (χ1) is 14.0. The molecule has 0 bridgehead atoms. The number of anilines is 1. The first-order valence-corrected chi connectivity index (χ1v) is 9.27. The number of imide groups is 1. The fourth-order valence-electron chi connectivity index (χ4n) is 3.26. The highest BCUT2D eigenvalue weighted by molar-refractivity contribution is 6.36.